The molecule has 0 aliphatic heterocycles. The van der Waals surface area contributed by atoms with E-state index in [2.05, 4.69) is 20.7 Å². The number of sulfonamides is 1. The van der Waals surface area contributed by atoms with Gasteiger partial charge in [0.15, 0.2) is 0 Å². The molecule has 108 valence electrons. The molecule has 5 nitrogen and oxygen atoms in total. The molecule has 3 rings (SSSR count). The number of benzene rings is 1. The highest BCUT2D eigenvalue weighted by molar-refractivity contribution is 9.10. The van der Waals surface area contributed by atoms with Crippen LogP contribution in [0, 0.1) is 0 Å². The van der Waals surface area contributed by atoms with E-state index in [1.54, 1.807) is 29.6 Å². The van der Waals surface area contributed by atoms with E-state index in [4.69, 9.17) is 4.42 Å². The Kier molecular flexibility index (Phi) is 3.60. The van der Waals surface area contributed by atoms with E-state index in [0.29, 0.717) is 21.1 Å². The number of thiophene rings is 1. The quantitative estimate of drug-likeness (QED) is 0.700. The largest absolute Gasteiger partial charge is 0.423 e. The zero-order valence-electron chi connectivity index (χ0n) is 10.4. The van der Waals surface area contributed by atoms with Crippen LogP contribution in [0.4, 0.5) is 5.69 Å². The summed E-state index contributed by atoms with van der Waals surface area (Å²) in [5.41, 5.74) is 0.365. The standard InChI is InChI=1S/C13H8BrNO4S2/c14-9-6-13(20-7-9)21(17,18)15-10-2-3-11-8(5-10)1-4-12(16)19-11/h1-7,15H. The predicted molar refractivity (Wildman–Crippen MR) is 85.3 cm³/mol. The van der Waals surface area contributed by atoms with Crippen LogP contribution in [0.3, 0.4) is 0 Å². The first-order valence-corrected chi connectivity index (χ1v) is 8.90. The molecule has 0 radical (unpaired) electrons. The maximum absolute atomic E-state index is 12.2. The number of fused-ring (bicyclic) bond motifs is 1. The lowest BCUT2D eigenvalue weighted by Crippen LogP contribution is -2.11. The van der Waals surface area contributed by atoms with Crippen LogP contribution in [-0.4, -0.2) is 8.42 Å². The molecule has 3 aromatic rings. The number of rotatable bonds is 3. The Morgan fingerprint density at radius 3 is 2.67 bits per heavy atom. The Labute approximate surface area is 132 Å². The fourth-order valence-electron chi connectivity index (χ4n) is 1.78. The van der Waals surface area contributed by atoms with Crippen molar-refractivity contribution in [2.24, 2.45) is 0 Å². The first-order valence-electron chi connectivity index (χ1n) is 5.75. The van der Waals surface area contributed by atoms with Gasteiger partial charge in [-0.15, -0.1) is 11.3 Å². The smallest absolute Gasteiger partial charge is 0.336 e. The van der Waals surface area contributed by atoms with Gasteiger partial charge in [0.05, 0.1) is 0 Å². The summed E-state index contributed by atoms with van der Waals surface area (Å²) in [5, 5.41) is 2.34. The minimum Gasteiger partial charge on any atom is -0.423 e. The normalized spacial score (nSPS) is 11.7. The van der Waals surface area contributed by atoms with E-state index in [1.807, 2.05) is 0 Å². The number of hydrogen-bond acceptors (Lipinski definition) is 5. The molecule has 0 fully saturated rings. The first kappa shape index (κ1) is 14.3. The van der Waals surface area contributed by atoms with Gasteiger partial charge < -0.3 is 4.42 Å². The Morgan fingerprint density at radius 2 is 1.95 bits per heavy atom. The average molecular weight is 386 g/mol. The molecule has 0 spiro atoms. The fourth-order valence-corrected chi connectivity index (χ4v) is 4.68. The van der Waals surface area contributed by atoms with Gasteiger partial charge in [-0.05, 0) is 46.3 Å². The van der Waals surface area contributed by atoms with E-state index in [9.17, 15) is 13.2 Å². The van der Waals surface area contributed by atoms with Crippen molar-refractivity contribution in [3.63, 3.8) is 0 Å². The highest BCUT2D eigenvalue weighted by Crippen LogP contribution is 2.27. The van der Waals surface area contributed by atoms with Crippen molar-refractivity contribution >= 4 is 53.9 Å². The molecule has 0 aliphatic carbocycles. The number of anilines is 1. The maximum atomic E-state index is 12.2. The molecule has 0 saturated heterocycles. The summed E-state index contributed by atoms with van der Waals surface area (Å²) < 4.78 is 32.8. The van der Waals surface area contributed by atoms with Crippen LogP contribution < -0.4 is 10.3 Å². The van der Waals surface area contributed by atoms with Crippen molar-refractivity contribution in [2.75, 3.05) is 4.72 Å². The van der Waals surface area contributed by atoms with Crippen LogP contribution in [-0.2, 0) is 10.0 Å². The fraction of sp³-hybridized carbons (Fsp3) is 0. The second kappa shape index (κ2) is 5.28. The van der Waals surface area contributed by atoms with E-state index in [1.165, 1.54) is 12.1 Å². The summed E-state index contributed by atoms with van der Waals surface area (Å²) in [4.78, 5) is 11.1. The van der Waals surface area contributed by atoms with Crippen LogP contribution in [0.5, 0.6) is 0 Å². The van der Waals surface area contributed by atoms with Gasteiger partial charge in [0, 0.05) is 27.0 Å². The van der Waals surface area contributed by atoms with Crippen molar-refractivity contribution in [2.45, 2.75) is 4.21 Å². The molecule has 8 heteroatoms. The van der Waals surface area contributed by atoms with E-state index in [0.717, 1.165) is 11.3 Å². The second-order valence-electron chi connectivity index (χ2n) is 4.20. The van der Waals surface area contributed by atoms with Crippen LogP contribution >= 0.6 is 27.3 Å². The molecule has 2 aromatic heterocycles. The predicted octanol–water partition coefficient (Wildman–Crippen LogP) is 3.42. The van der Waals surface area contributed by atoms with Gasteiger partial charge in [-0.1, -0.05) is 0 Å². The first-order chi connectivity index (χ1) is 9.94. The molecule has 2 heterocycles. The van der Waals surface area contributed by atoms with Gasteiger partial charge in [0.1, 0.15) is 9.79 Å². The molecule has 0 saturated carbocycles. The van der Waals surface area contributed by atoms with E-state index < -0.39 is 15.6 Å². The van der Waals surface area contributed by atoms with E-state index >= 15 is 0 Å². The van der Waals surface area contributed by atoms with Gasteiger partial charge in [-0.2, -0.15) is 0 Å². The van der Waals surface area contributed by atoms with Gasteiger partial charge >= 0.3 is 5.63 Å². The summed E-state index contributed by atoms with van der Waals surface area (Å²) in [5.74, 6) is 0. The Hall–Kier alpha value is -1.64. The molecule has 0 amide bonds. The molecule has 1 aromatic carbocycles. The molecule has 0 unspecified atom stereocenters. The van der Waals surface area contributed by atoms with Gasteiger partial charge in [-0.25, -0.2) is 13.2 Å². The van der Waals surface area contributed by atoms with E-state index in [-0.39, 0.29) is 4.21 Å². The third-order valence-corrected chi connectivity index (χ3v) is 6.26. The summed E-state index contributed by atoms with van der Waals surface area (Å²) in [6, 6.07) is 9.12. The number of halogens is 1. The second-order valence-corrected chi connectivity index (χ2v) is 7.93. The minimum atomic E-state index is -3.62. The summed E-state index contributed by atoms with van der Waals surface area (Å²) in [6.07, 6.45) is 0. The van der Waals surface area contributed by atoms with Crippen molar-refractivity contribution < 1.29 is 12.8 Å². The van der Waals surface area contributed by atoms with Gasteiger partial charge in [0.25, 0.3) is 10.0 Å². The molecular formula is C13H8BrNO4S2. The zero-order valence-corrected chi connectivity index (χ0v) is 13.6. The van der Waals surface area contributed by atoms with Crippen molar-refractivity contribution in [3.8, 4) is 0 Å². The van der Waals surface area contributed by atoms with Crippen LogP contribution in [0.1, 0.15) is 0 Å². The lowest BCUT2D eigenvalue weighted by atomic mass is 10.2. The highest BCUT2D eigenvalue weighted by atomic mass is 79.9. The molecule has 1 N–H and O–H groups in total. The SMILES string of the molecule is O=c1ccc2cc(NS(=O)(=O)c3cc(Br)cs3)ccc2o1. The van der Waals surface area contributed by atoms with Crippen LogP contribution in [0.15, 0.2) is 59.7 Å². The van der Waals surface area contributed by atoms with Gasteiger partial charge in [0.2, 0.25) is 0 Å². The third kappa shape index (κ3) is 3.02. The molecule has 0 bridgehead atoms. The third-order valence-electron chi connectivity index (χ3n) is 2.68. The Bertz CT molecular complexity index is 975. The summed E-state index contributed by atoms with van der Waals surface area (Å²) >= 11 is 4.35. The maximum Gasteiger partial charge on any atom is 0.336 e. The van der Waals surface area contributed by atoms with Crippen molar-refractivity contribution in [1.82, 2.24) is 0 Å². The highest BCUT2D eigenvalue weighted by Gasteiger charge is 2.16. The molecule has 0 atom stereocenters. The summed E-state index contributed by atoms with van der Waals surface area (Å²) in [6.45, 7) is 0. The topological polar surface area (TPSA) is 76.4 Å². The van der Waals surface area contributed by atoms with Crippen LogP contribution in [0.25, 0.3) is 11.0 Å². The lowest BCUT2D eigenvalue weighted by molar-refractivity contribution is 0.561. The molecular weight excluding hydrogens is 378 g/mol. The summed E-state index contributed by atoms with van der Waals surface area (Å²) in [7, 11) is -3.62. The Balaban J connectivity index is 1.98. The molecule has 21 heavy (non-hydrogen) atoms. The lowest BCUT2D eigenvalue weighted by Gasteiger charge is -2.06. The minimum absolute atomic E-state index is 0.217. The molecule has 0 aliphatic rings. The van der Waals surface area contributed by atoms with Gasteiger partial charge in [-0.3, -0.25) is 4.72 Å². The Morgan fingerprint density at radius 1 is 1.14 bits per heavy atom. The van der Waals surface area contributed by atoms with Crippen molar-refractivity contribution in [1.29, 1.82) is 0 Å². The number of nitrogens with one attached hydrogen (secondary N) is 1. The van der Waals surface area contributed by atoms with Crippen LogP contribution in [0.2, 0.25) is 0 Å². The number of hydrogen-bond donors (Lipinski definition) is 1. The average Bonchev–Trinajstić information content (AvgIpc) is 2.86. The zero-order chi connectivity index (χ0) is 15.0. The monoisotopic (exact) mass is 385 g/mol. The van der Waals surface area contributed by atoms with Crippen molar-refractivity contribution in [3.05, 3.63) is 56.7 Å².